The summed E-state index contributed by atoms with van der Waals surface area (Å²) in [6.07, 6.45) is 1.63. The Kier molecular flexibility index (Phi) is 9.48. The average molecular weight is 607 g/mol. The van der Waals surface area contributed by atoms with Crippen molar-refractivity contribution in [3.05, 3.63) is 137 Å². The van der Waals surface area contributed by atoms with E-state index in [2.05, 4.69) is 39.8 Å². The van der Waals surface area contributed by atoms with Crippen LogP contribution < -0.4 is 5.32 Å². The van der Waals surface area contributed by atoms with Gasteiger partial charge in [0.15, 0.2) is 11.4 Å². The number of ether oxygens (including phenoxy) is 2. The highest BCUT2D eigenvalue weighted by Gasteiger charge is 2.32. The summed E-state index contributed by atoms with van der Waals surface area (Å²) in [7, 11) is 1.93. The van der Waals surface area contributed by atoms with Crippen molar-refractivity contribution in [2.45, 2.75) is 43.2 Å². The molecule has 3 atom stereocenters. The zero-order valence-corrected chi connectivity index (χ0v) is 25.2. The van der Waals surface area contributed by atoms with Crippen LogP contribution >= 0.6 is 11.8 Å². The summed E-state index contributed by atoms with van der Waals surface area (Å²) in [5.74, 6) is 0.618. The second kappa shape index (κ2) is 14.0. The number of nitrogens with one attached hydrogen (secondary N) is 1. The van der Waals surface area contributed by atoms with E-state index < -0.39 is 6.29 Å². The Balaban J connectivity index is 1.16. The molecule has 0 saturated carbocycles. The summed E-state index contributed by atoms with van der Waals surface area (Å²) >= 11 is 1.62. The van der Waals surface area contributed by atoms with Crippen molar-refractivity contribution in [1.82, 2.24) is 20.1 Å². The lowest BCUT2D eigenvalue weighted by molar-refractivity contribution is -0.245. The molecule has 6 rings (SSSR count). The first-order valence-electron chi connectivity index (χ1n) is 14.6. The molecule has 224 valence electrons. The molecule has 0 radical (unpaired) electrons. The fourth-order valence-corrected chi connectivity index (χ4v) is 6.07. The van der Waals surface area contributed by atoms with Crippen LogP contribution in [0, 0.1) is 0 Å². The van der Waals surface area contributed by atoms with Crippen molar-refractivity contribution >= 4 is 17.7 Å². The number of benzene rings is 4. The number of aliphatic hydroxyl groups excluding tert-OH is 1. The highest BCUT2D eigenvalue weighted by molar-refractivity contribution is 7.99. The van der Waals surface area contributed by atoms with Crippen LogP contribution in [0.25, 0.3) is 11.1 Å². The summed E-state index contributed by atoms with van der Waals surface area (Å²) in [6.45, 7) is 0.448. The predicted octanol–water partition coefficient (Wildman–Crippen LogP) is 6.24. The molecular formula is C35H34N4O4S. The average Bonchev–Trinajstić information content (AvgIpc) is 3.51. The van der Waals surface area contributed by atoms with Gasteiger partial charge in [0.25, 0.3) is 5.91 Å². The minimum Gasteiger partial charge on any atom is -0.392 e. The van der Waals surface area contributed by atoms with Crippen LogP contribution in [-0.2, 0) is 29.7 Å². The van der Waals surface area contributed by atoms with Gasteiger partial charge < -0.3 is 24.5 Å². The Morgan fingerprint density at radius 3 is 2.41 bits per heavy atom. The van der Waals surface area contributed by atoms with Gasteiger partial charge in [-0.1, -0.05) is 96.7 Å². The maximum Gasteiger partial charge on any atom is 0.251 e. The second-order valence-corrected chi connectivity index (χ2v) is 11.7. The van der Waals surface area contributed by atoms with Gasteiger partial charge in [0.05, 0.1) is 18.8 Å². The standard InChI is InChI=1S/C35H34N4O4S/c1-39-23-37-38-35(39)44-22-31-19-32(27-12-10-24(21-40)11-13-27)43-34(42-31)29-16-14-26(15-17-29)30-9-5-6-25(18-30)20-36-33(41)28-7-3-2-4-8-28/h2-18,23,31-32,34,40H,19-22H2,1H3,(H,36,41)/t31-,32+,34+/m1/s1. The monoisotopic (exact) mass is 606 g/mol. The van der Waals surface area contributed by atoms with Crippen molar-refractivity contribution < 1.29 is 19.4 Å². The van der Waals surface area contributed by atoms with Gasteiger partial charge in [-0.05, 0) is 46.0 Å². The first-order chi connectivity index (χ1) is 21.6. The number of thioether (sulfide) groups is 1. The number of hydrogen-bond acceptors (Lipinski definition) is 7. The predicted molar refractivity (Wildman–Crippen MR) is 170 cm³/mol. The molecule has 44 heavy (non-hydrogen) atoms. The quantitative estimate of drug-likeness (QED) is 0.182. The smallest absolute Gasteiger partial charge is 0.251 e. The van der Waals surface area contributed by atoms with Gasteiger partial charge in [-0.15, -0.1) is 10.2 Å². The van der Waals surface area contributed by atoms with Crippen LogP contribution in [0.4, 0.5) is 0 Å². The number of rotatable bonds is 10. The Hall–Kier alpha value is -4.28. The third-order valence-electron chi connectivity index (χ3n) is 7.62. The number of carbonyl (C=O) groups is 1. The lowest BCUT2D eigenvalue weighted by Crippen LogP contribution is -2.31. The van der Waals surface area contributed by atoms with E-state index in [1.54, 1.807) is 30.2 Å². The van der Waals surface area contributed by atoms with Crippen LogP contribution in [0.1, 0.15) is 51.4 Å². The van der Waals surface area contributed by atoms with Gasteiger partial charge >= 0.3 is 0 Å². The fourth-order valence-electron chi connectivity index (χ4n) is 5.16. The van der Waals surface area contributed by atoms with Gasteiger partial charge in [-0.3, -0.25) is 4.79 Å². The lowest BCUT2D eigenvalue weighted by atomic mass is 9.99. The van der Waals surface area contributed by atoms with Crippen LogP contribution in [0.3, 0.4) is 0 Å². The fraction of sp³-hybridized carbons (Fsp3) is 0.229. The Morgan fingerprint density at radius 2 is 1.68 bits per heavy atom. The molecule has 0 bridgehead atoms. The molecule has 0 unspecified atom stereocenters. The molecule has 8 nitrogen and oxygen atoms in total. The number of hydrogen-bond donors (Lipinski definition) is 2. The third-order valence-corrected chi connectivity index (χ3v) is 8.78. The van der Waals surface area contributed by atoms with Crippen molar-refractivity contribution in [2.24, 2.45) is 7.05 Å². The van der Waals surface area contributed by atoms with Gasteiger partial charge in [-0.25, -0.2) is 0 Å². The molecule has 1 aromatic heterocycles. The van der Waals surface area contributed by atoms with Crippen LogP contribution in [-0.4, -0.2) is 37.6 Å². The van der Waals surface area contributed by atoms with Crippen LogP contribution in [0.15, 0.2) is 115 Å². The summed E-state index contributed by atoms with van der Waals surface area (Å²) in [4.78, 5) is 12.5. The van der Waals surface area contributed by atoms with Crippen molar-refractivity contribution in [2.75, 3.05) is 5.75 Å². The lowest BCUT2D eigenvalue weighted by Gasteiger charge is -2.36. The normalized spacial score (nSPS) is 18.2. The van der Waals surface area contributed by atoms with Crippen LogP contribution in [0.5, 0.6) is 0 Å². The summed E-state index contributed by atoms with van der Waals surface area (Å²) in [5, 5.41) is 21.5. The Labute approximate surface area is 261 Å². The molecule has 2 N–H and O–H groups in total. The molecule has 1 aliphatic heterocycles. The van der Waals surface area contributed by atoms with Gasteiger partial charge in [0.1, 0.15) is 6.33 Å². The number of aliphatic hydroxyl groups is 1. The van der Waals surface area contributed by atoms with E-state index in [1.807, 2.05) is 78.3 Å². The molecule has 2 heterocycles. The first kappa shape index (κ1) is 29.8. The Bertz CT molecular complexity index is 1680. The summed E-state index contributed by atoms with van der Waals surface area (Å²) < 4.78 is 14.9. The summed E-state index contributed by atoms with van der Waals surface area (Å²) in [5.41, 5.74) is 6.64. The molecule has 5 aromatic rings. The van der Waals surface area contributed by atoms with Crippen LogP contribution in [0.2, 0.25) is 0 Å². The number of carbonyl (C=O) groups excluding carboxylic acids is 1. The number of aryl methyl sites for hydroxylation is 1. The molecule has 9 heteroatoms. The molecule has 4 aromatic carbocycles. The SMILES string of the molecule is Cn1cnnc1SC[C@H]1C[C@@H](c2ccc(CO)cc2)O[C@@H](c2ccc(-c3cccc(CNC(=O)c4ccccc4)c3)cc2)O1. The second-order valence-electron chi connectivity index (χ2n) is 10.8. The van der Waals surface area contributed by atoms with E-state index in [0.29, 0.717) is 24.3 Å². The van der Waals surface area contributed by atoms with E-state index >= 15 is 0 Å². The van der Waals surface area contributed by atoms with Gasteiger partial charge in [0.2, 0.25) is 0 Å². The van der Waals surface area contributed by atoms with E-state index in [9.17, 15) is 9.90 Å². The zero-order chi connectivity index (χ0) is 30.3. The van der Waals surface area contributed by atoms with Gasteiger partial charge in [-0.2, -0.15) is 0 Å². The minimum absolute atomic E-state index is 0.00604. The number of nitrogens with zero attached hydrogens (tertiary/aromatic N) is 3. The first-order valence-corrected chi connectivity index (χ1v) is 15.5. The molecule has 1 saturated heterocycles. The highest BCUT2D eigenvalue weighted by atomic mass is 32.2. The molecule has 1 fully saturated rings. The van der Waals surface area contributed by atoms with Crippen molar-refractivity contribution in [1.29, 1.82) is 0 Å². The van der Waals surface area contributed by atoms with E-state index in [1.165, 1.54) is 0 Å². The number of amides is 1. The van der Waals surface area contributed by atoms with E-state index in [4.69, 9.17) is 9.47 Å². The molecule has 1 aliphatic rings. The maximum atomic E-state index is 12.5. The molecular weight excluding hydrogens is 572 g/mol. The number of aromatic nitrogens is 3. The molecule has 1 amide bonds. The Morgan fingerprint density at radius 1 is 0.909 bits per heavy atom. The zero-order valence-electron chi connectivity index (χ0n) is 24.4. The molecule has 0 aliphatic carbocycles. The third kappa shape index (κ3) is 7.26. The van der Waals surface area contributed by atoms with Gasteiger partial charge in [0, 0.05) is 36.9 Å². The topological polar surface area (TPSA) is 98.5 Å². The minimum atomic E-state index is -0.537. The molecule has 0 spiro atoms. The largest absolute Gasteiger partial charge is 0.392 e. The van der Waals surface area contributed by atoms with Crippen molar-refractivity contribution in [3.8, 4) is 11.1 Å². The highest BCUT2D eigenvalue weighted by Crippen LogP contribution is 2.39. The van der Waals surface area contributed by atoms with E-state index in [0.717, 1.165) is 38.5 Å². The van der Waals surface area contributed by atoms with E-state index in [-0.39, 0.29) is 24.7 Å². The maximum absolute atomic E-state index is 12.5. The van der Waals surface area contributed by atoms with Crippen molar-refractivity contribution in [3.63, 3.8) is 0 Å². The summed E-state index contributed by atoms with van der Waals surface area (Å²) in [6, 6.07) is 33.6.